The molecule has 0 aliphatic carbocycles. The summed E-state index contributed by atoms with van der Waals surface area (Å²) in [6.07, 6.45) is 8.47. The highest BCUT2D eigenvalue weighted by molar-refractivity contribution is 7.17. The summed E-state index contributed by atoms with van der Waals surface area (Å²) in [4.78, 5) is 26.9. The second-order valence-corrected chi connectivity index (χ2v) is 9.71. The number of aryl methyl sites for hydroxylation is 1. The van der Waals surface area contributed by atoms with Crippen molar-refractivity contribution in [3.63, 3.8) is 0 Å². The number of nitrogens with one attached hydrogen (secondary N) is 1. The molecule has 1 amide bonds. The van der Waals surface area contributed by atoms with Crippen molar-refractivity contribution in [1.29, 1.82) is 0 Å². The summed E-state index contributed by atoms with van der Waals surface area (Å²) < 4.78 is 4.37. The van der Waals surface area contributed by atoms with Gasteiger partial charge in [0.2, 0.25) is 0 Å². The molecule has 6 rings (SSSR count). The third-order valence-corrected chi connectivity index (χ3v) is 7.10. The molecule has 1 atom stereocenters. The van der Waals surface area contributed by atoms with Crippen LogP contribution >= 0.6 is 11.3 Å². The average molecular weight is 519 g/mol. The maximum Gasteiger partial charge on any atom is 0.259 e. The van der Waals surface area contributed by atoms with Gasteiger partial charge in [0, 0.05) is 42.1 Å². The van der Waals surface area contributed by atoms with Gasteiger partial charge in [-0.1, -0.05) is 42.2 Å². The number of amides is 1. The number of thiophene rings is 1. The Morgan fingerprint density at radius 2 is 2.03 bits per heavy atom. The number of hydrogen-bond donors (Lipinski definition) is 2. The molecule has 6 aromatic rings. The number of nitrogens with two attached hydrogens (primary N) is 1. The number of carbonyl (C=O) groups excluding carboxylic acids is 1. The molecule has 9 nitrogen and oxygen atoms in total. The zero-order valence-electron chi connectivity index (χ0n) is 20.6. The summed E-state index contributed by atoms with van der Waals surface area (Å²) in [6.45, 7) is 1.93. The Labute approximate surface area is 222 Å². The van der Waals surface area contributed by atoms with Crippen molar-refractivity contribution in [1.82, 2.24) is 34.4 Å². The molecule has 1 aromatic carbocycles. The van der Waals surface area contributed by atoms with Crippen LogP contribution in [0.25, 0.3) is 27.1 Å². The number of hydrogen-bond acceptors (Lipinski definition) is 7. The van der Waals surface area contributed by atoms with Crippen LogP contribution in [-0.4, -0.2) is 35.0 Å². The molecular weight excluding hydrogens is 496 g/mol. The van der Waals surface area contributed by atoms with E-state index < -0.39 is 0 Å². The van der Waals surface area contributed by atoms with E-state index in [9.17, 15) is 4.79 Å². The summed E-state index contributed by atoms with van der Waals surface area (Å²) in [5.41, 5.74) is 11.9. The highest BCUT2D eigenvalue weighted by Crippen LogP contribution is 2.34. The van der Waals surface area contributed by atoms with Crippen LogP contribution in [0, 0.1) is 11.8 Å². The van der Waals surface area contributed by atoms with Crippen molar-refractivity contribution >= 4 is 38.9 Å². The number of nitrogens with zero attached hydrogens (tertiary/aromatic N) is 6. The molecule has 5 aromatic heterocycles. The smallest absolute Gasteiger partial charge is 0.259 e. The topological polar surface area (TPSA) is 116 Å². The quantitative estimate of drug-likeness (QED) is 0.338. The van der Waals surface area contributed by atoms with Gasteiger partial charge >= 0.3 is 0 Å². The molecule has 0 aliphatic heterocycles. The molecule has 0 radical (unpaired) electrons. The SMILES string of the molecule is C[C@@H](NC(=O)c1c(N)ncn2ccnc12)c1cc2scc(C#Cc3cnn(C)c3)c2nc1-c1ccccc1. The second kappa shape index (κ2) is 9.46. The van der Waals surface area contributed by atoms with E-state index in [4.69, 9.17) is 10.7 Å². The van der Waals surface area contributed by atoms with Gasteiger partial charge in [-0.3, -0.25) is 13.9 Å². The van der Waals surface area contributed by atoms with Crippen LogP contribution in [-0.2, 0) is 7.05 Å². The molecule has 3 N–H and O–H groups in total. The van der Waals surface area contributed by atoms with Crippen molar-refractivity contribution in [2.45, 2.75) is 13.0 Å². The molecule has 0 spiro atoms. The number of benzene rings is 1. The first kappa shape index (κ1) is 23.4. The van der Waals surface area contributed by atoms with E-state index in [2.05, 4.69) is 38.3 Å². The molecule has 0 saturated carbocycles. The minimum absolute atomic E-state index is 0.125. The molecule has 0 aliphatic rings. The van der Waals surface area contributed by atoms with Crippen molar-refractivity contribution in [2.75, 3.05) is 5.73 Å². The lowest BCUT2D eigenvalue weighted by molar-refractivity contribution is 0.0941. The van der Waals surface area contributed by atoms with E-state index in [1.165, 1.54) is 6.33 Å². The molecule has 38 heavy (non-hydrogen) atoms. The first-order valence-corrected chi connectivity index (χ1v) is 12.7. The lowest BCUT2D eigenvalue weighted by atomic mass is 9.99. The lowest BCUT2D eigenvalue weighted by Crippen LogP contribution is -2.29. The number of imidazole rings is 1. The number of carbonyl (C=O) groups is 1. The van der Waals surface area contributed by atoms with E-state index in [0.29, 0.717) is 5.65 Å². The number of fused-ring (bicyclic) bond motifs is 2. The maximum atomic E-state index is 13.4. The van der Waals surface area contributed by atoms with E-state index in [0.717, 1.165) is 38.2 Å². The number of nitrogen functional groups attached to an aromatic ring is 1. The minimum atomic E-state index is -0.378. The molecule has 0 unspecified atom stereocenters. The predicted octanol–water partition coefficient (Wildman–Crippen LogP) is 4.21. The van der Waals surface area contributed by atoms with Gasteiger partial charge in [0.25, 0.3) is 5.91 Å². The van der Waals surface area contributed by atoms with Crippen LogP contribution in [0.4, 0.5) is 5.82 Å². The number of anilines is 1. The van der Waals surface area contributed by atoms with Crippen LogP contribution in [0.1, 0.15) is 40.0 Å². The Kier molecular flexibility index (Phi) is 5.82. The third-order valence-electron chi connectivity index (χ3n) is 6.18. The van der Waals surface area contributed by atoms with Crippen LogP contribution in [0.5, 0.6) is 0 Å². The summed E-state index contributed by atoms with van der Waals surface area (Å²) in [5.74, 6) is 6.18. The summed E-state index contributed by atoms with van der Waals surface area (Å²) in [7, 11) is 1.86. The zero-order valence-corrected chi connectivity index (χ0v) is 21.4. The summed E-state index contributed by atoms with van der Waals surface area (Å²) in [6, 6.07) is 11.6. The summed E-state index contributed by atoms with van der Waals surface area (Å²) >= 11 is 1.57. The van der Waals surface area contributed by atoms with Gasteiger partial charge in [-0.15, -0.1) is 11.3 Å². The standard InChI is InChI=1S/C28H22N8OS/c1-17(33-28(37)23-26(29)31-16-36-11-10-30-27(23)36)21-12-22-25(34-24(21)19-6-4-3-5-7-19)20(15-38-22)9-8-18-13-32-35(2)14-18/h3-7,10-17H,29H2,1-2H3,(H,33,37)/t17-/m1/s1. The van der Waals surface area contributed by atoms with Crippen LogP contribution in [0.2, 0.25) is 0 Å². The number of aromatic nitrogens is 6. The molecule has 0 saturated heterocycles. The maximum absolute atomic E-state index is 13.4. The Morgan fingerprint density at radius 1 is 1.18 bits per heavy atom. The fourth-order valence-corrected chi connectivity index (χ4v) is 5.19. The van der Waals surface area contributed by atoms with Gasteiger partial charge in [0.1, 0.15) is 17.7 Å². The summed E-state index contributed by atoms with van der Waals surface area (Å²) in [5, 5.41) is 9.27. The van der Waals surface area contributed by atoms with Gasteiger partial charge in [-0.05, 0) is 13.0 Å². The van der Waals surface area contributed by atoms with Crippen molar-refractivity contribution in [3.05, 3.63) is 95.1 Å². The minimum Gasteiger partial charge on any atom is -0.383 e. The molecule has 0 fully saturated rings. The van der Waals surface area contributed by atoms with Gasteiger partial charge in [-0.2, -0.15) is 5.10 Å². The Balaban J connectivity index is 1.41. The first-order chi connectivity index (χ1) is 18.5. The van der Waals surface area contributed by atoms with E-state index in [-0.39, 0.29) is 23.3 Å². The van der Waals surface area contributed by atoms with Crippen LogP contribution < -0.4 is 11.1 Å². The number of pyridine rings is 1. The largest absolute Gasteiger partial charge is 0.383 e. The van der Waals surface area contributed by atoms with Crippen LogP contribution in [0.3, 0.4) is 0 Å². The highest BCUT2D eigenvalue weighted by Gasteiger charge is 2.22. The van der Waals surface area contributed by atoms with Gasteiger partial charge in [0.15, 0.2) is 5.65 Å². The fraction of sp³-hybridized carbons (Fsp3) is 0.107. The fourth-order valence-electron chi connectivity index (χ4n) is 4.31. The van der Waals surface area contributed by atoms with Crippen LogP contribution in [0.15, 0.2) is 72.9 Å². The van der Waals surface area contributed by atoms with Gasteiger partial charge < -0.3 is 11.1 Å². The molecule has 10 heteroatoms. The Bertz CT molecular complexity index is 1870. The average Bonchev–Trinajstić information content (AvgIpc) is 3.66. The third kappa shape index (κ3) is 4.25. The Morgan fingerprint density at radius 3 is 2.82 bits per heavy atom. The predicted molar refractivity (Wildman–Crippen MR) is 148 cm³/mol. The van der Waals surface area contributed by atoms with E-state index in [1.54, 1.807) is 39.0 Å². The van der Waals surface area contributed by atoms with Crippen molar-refractivity contribution in [2.24, 2.45) is 7.05 Å². The normalized spacial score (nSPS) is 11.8. The second-order valence-electron chi connectivity index (χ2n) is 8.80. The molecular formula is C28H22N8OS. The Hall–Kier alpha value is -5.01. The van der Waals surface area contributed by atoms with Crippen molar-refractivity contribution in [3.8, 4) is 23.1 Å². The molecule has 186 valence electrons. The van der Waals surface area contributed by atoms with Gasteiger partial charge in [0.05, 0.1) is 39.3 Å². The van der Waals surface area contributed by atoms with Crippen molar-refractivity contribution < 1.29 is 4.79 Å². The zero-order chi connectivity index (χ0) is 26.2. The molecule has 0 bridgehead atoms. The van der Waals surface area contributed by atoms with E-state index >= 15 is 0 Å². The van der Waals surface area contributed by atoms with E-state index in [1.807, 2.05) is 55.9 Å². The monoisotopic (exact) mass is 518 g/mol. The molecule has 5 heterocycles. The first-order valence-electron chi connectivity index (χ1n) is 11.8. The van der Waals surface area contributed by atoms with Gasteiger partial charge in [-0.25, -0.2) is 15.0 Å². The highest BCUT2D eigenvalue weighted by atomic mass is 32.1. The number of rotatable bonds is 4. The lowest BCUT2D eigenvalue weighted by Gasteiger charge is -2.19.